The van der Waals surface area contributed by atoms with Crippen molar-refractivity contribution in [2.24, 2.45) is 0 Å². The van der Waals surface area contributed by atoms with Crippen LogP contribution in [0, 0.1) is 13.8 Å². The molecule has 0 radical (unpaired) electrons. The van der Waals surface area contributed by atoms with E-state index in [0.29, 0.717) is 0 Å². The highest BCUT2D eigenvalue weighted by Crippen LogP contribution is 2.19. The number of para-hydroxylation sites is 1. The van der Waals surface area contributed by atoms with Crippen LogP contribution < -0.4 is 5.32 Å². The highest BCUT2D eigenvalue weighted by atomic mass is 32.2. The Bertz CT molecular complexity index is 980. The Labute approximate surface area is 166 Å². The minimum Gasteiger partial charge on any atom is -0.332 e. The van der Waals surface area contributed by atoms with Gasteiger partial charge in [0.05, 0.1) is 11.4 Å². The van der Waals surface area contributed by atoms with E-state index in [1.54, 1.807) is 0 Å². The van der Waals surface area contributed by atoms with Gasteiger partial charge >= 0.3 is 0 Å². The largest absolute Gasteiger partial charge is 0.332 e. The molecule has 0 fully saturated rings. The van der Waals surface area contributed by atoms with Crippen LogP contribution in [0.15, 0.2) is 47.4 Å². The monoisotopic (exact) mass is 403 g/mol. The topological polar surface area (TPSA) is 86.8 Å². The van der Waals surface area contributed by atoms with E-state index >= 15 is 0 Å². The van der Waals surface area contributed by atoms with Crippen LogP contribution in [0.1, 0.15) is 21.5 Å². The van der Waals surface area contributed by atoms with Gasteiger partial charge in [0, 0.05) is 32.4 Å². The fourth-order valence-electron chi connectivity index (χ4n) is 2.70. The van der Waals surface area contributed by atoms with Gasteiger partial charge in [0.25, 0.3) is 5.91 Å². The van der Waals surface area contributed by atoms with Gasteiger partial charge in [-0.2, -0.15) is 0 Å². The molecule has 8 heteroatoms. The lowest BCUT2D eigenvalue weighted by Crippen LogP contribution is -2.35. The second-order valence-corrected chi connectivity index (χ2v) is 8.94. The van der Waals surface area contributed by atoms with E-state index in [0.717, 1.165) is 21.1 Å². The van der Waals surface area contributed by atoms with Gasteiger partial charge in [0.15, 0.2) is 0 Å². The lowest BCUT2D eigenvalue weighted by atomic mass is 10.1. The predicted octanol–water partition coefficient (Wildman–Crippen LogP) is 2.26. The van der Waals surface area contributed by atoms with E-state index in [4.69, 9.17) is 0 Å². The van der Waals surface area contributed by atoms with Crippen LogP contribution in [0.2, 0.25) is 0 Å². The second kappa shape index (κ2) is 8.53. The van der Waals surface area contributed by atoms with Crippen LogP contribution in [0.3, 0.4) is 0 Å². The number of anilines is 1. The Hall–Kier alpha value is -2.71. The summed E-state index contributed by atoms with van der Waals surface area (Å²) < 4.78 is 25.6. The van der Waals surface area contributed by atoms with Gasteiger partial charge in [-0.05, 0) is 43.2 Å². The molecule has 0 atom stereocenters. The molecule has 0 aromatic heterocycles. The molecule has 0 saturated heterocycles. The van der Waals surface area contributed by atoms with Gasteiger partial charge in [0.1, 0.15) is 0 Å². The van der Waals surface area contributed by atoms with Crippen molar-refractivity contribution in [1.82, 2.24) is 9.21 Å². The average Bonchev–Trinajstić information content (AvgIpc) is 2.64. The van der Waals surface area contributed by atoms with Crippen LogP contribution in [0.25, 0.3) is 0 Å². The number of nitrogens with one attached hydrogen (secondary N) is 1. The maximum atomic E-state index is 12.7. The first-order chi connectivity index (χ1) is 13.0. The van der Waals surface area contributed by atoms with Gasteiger partial charge in [-0.3, -0.25) is 9.59 Å². The van der Waals surface area contributed by atoms with Gasteiger partial charge in [-0.1, -0.05) is 24.3 Å². The number of aryl methyl sites for hydroxylation is 2. The van der Waals surface area contributed by atoms with Crippen LogP contribution >= 0.6 is 0 Å². The molecule has 0 bridgehead atoms. The zero-order chi connectivity index (χ0) is 21.1. The molecule has 0 heterocycles. The molecule has 0 unspecified atom stereocenters. The van der Waals surface area contributed by atoms with E-state index in [-0.39, 0.29) is 22.9 Å². The number of hydrogen-bond acceptors (Lipinski definition) is 4. The molecule has 2 rings (SSSR count). The smallest absolute Gasteiger partial charge is 0.254 e. The third-order valence-electron chi connectivity index (χ3n) is 4.33. The molecule has 0 aliphatic rings. The summed E-state index contributed by atoms with van der Waals surface area (Å²) in [6.45, 7) is 3.64. The highest BCUT2D eigenvalue weighted by Gasteiger charge is 2.21. The molecule has 28 heavy (non-hydrogen) atoms. The minimum absolute atomic E-state index is 0.0248. The standard InChI is InChI=1S/C20H25N3O4S/c1-14-8-6-9-15(2)19(14)21-18(24)13-23(5)20(25)16-10-7-11-17(12-16)28(26,27)22(3)4/h6-12H,13H2,1-5H3,(H,21,24). The van der Waals surface area contributed by atoms with Crippen molar-refractivity contribution in [2.75, 3.05) is 33.0 Å². The number of carbonyl (C=O) groups is 2. The lowest BCUT2D eigenvalue weighted by molar-refractivity contribution is -0.116. The summed E-state index contributed by atoms with van der Waals surface area (Å²) in [6.07, 6.45) is 0. The molecular weight excluding hydrogens is 378 g/mol. The second-order valence-electron chi connectivity index (χ2n) is 6.79. The van der Waals surface area contributed by atoms with Crippen molar-refractivity contribution in [3.8, 4) is 0 Å². The number of sulfonamides is 1. The van der Waals surface area contributed by atoms with Gasteiger partial charge < -0.3 is 10.2 Å². The van der Waals surface area contributed by atoms with Gasteiger partial charge in [-0.15, -0.1) is 0 Å². The summed E-state index contributed by atoms with van der Waals surface area (Å²) in [5.41, 5.74) is 2.80. The zero-order valence-electron chi connectivity index (χ0n) is 16.7. The normalized spacial score (nSPS) is 11.4. The van der Waals surface area contributed by atoms with E-state index in [9.17, 15) is 18.0 Å². The maximum absolute atomic E-state index is 12.7. The molecule has 2 aromatic rings. The van der Waals surface area contributed by atoms with Crippen LogP contribution in [0.5, 0.6) is 0 Å². The lowest BCUT2D eigenvalue weighted by Gasteiger charge is -2.19. The van der Waals surface area contributed by atoms with Crippen molar-refractivity contribution in [1.29, 1.82) is 0 Å². The fraction of sp³-hybridized carbons (Fsp3) is 0.300. The number of carbonyl (C=O) groups excluding carboxylic acids is 2. The van der Waals surface area contributed by atoms with Gasteiger partial charge in [-0.25, -0.2) is 12.7 Å². The van der Waals surface area contributed by atoms with E-state index in [2.05, 4.69) is 5.32 Å². The molecule has 2 aromatic carbocycles. The molecule has 0 saturated carbocycles. The number of nitrogens with zero attached hydrogens (tertiary/aromatic N) is 2. The third kappa shape index (κ3) is 4.76. The number of benzene rings is 2. The first-order valence-electron chi connectivity index (χ1n) is 8.68. The summed E-state index contributed by atoms with van der Waals surface area (Å²) in [5.74, 6) is -0.766. The summed E-state index contributed by atoms with van der Waals surface area (Å²) in [6, 6.07) is 11.5. The molecular formula is C20H25N3O4S. The molecule has 0 aliphatic carbocycles. The van der Waals surface area contributed by atoms with Crippen LogP contribution in [0.4, 0.5) is 5.69 Å². The number of rotatable bonds is 6. The summed E-state index contributed by atoms with van der Waals surface area (Å²) in [4.78, 5) is 26.3. The van der Waals surface area contributed by atoms with Crippen molar-refractivity contribution < 1.29 is 18.0 Å². The Balaban J connectivity index is 2.14. The molecule has 2 amide bonds. The Morgan fingerprint density at radius 1 is 0.964 bits per heavy atom. The molecule has 7 nitrogen and oxygen atoms in total. The maximum Gasteiger partial charge on any atom is 0.254 e. The van der Waals surface area contributed by atoms with Crippen molar-refractivity contribution >= 4 is 27.5 Å². The third-order valence-corrected chi connectivity index (χ3v) is 6.14. The molecule has 0 aliphatic heterocycles. The zero-order valence-corrected chi connectivity index (χ0v) is 17.5. The summed E-state index contributed by atoms with van der Waals surface area (Å²) in [5, 5.41) is 2.83. The Kier molecular flexibility index (Phi) is 6.58. The highest BCUT2D eigenvalue weighted by molar-refractivity contribution is 7.89. The molecule has 0 spiro atoms. The van der Waals surface area contributed by atoms with E-state index in [1.807, 2.05) is 32.0 Å². The average molecular weight is 404 g/mol. The van der Waals surface area contributed by atoms with Crippen molar-refractivity contribution in [3.63, 3.8) is 0 Å². The first kappa shape index (κ1) is 21.6. The molecule has 150 valence electrons. The van der Waals surface area contributed by atoms with Crippen molar-refractivity contribution in [2.45, 2.75) is 18.7 Å². The number of likely N-dealkylation sites (N-methyl/N-ethyl adjacent to an activating group) is 1. The SMILES string of the molecule is Cc1cccc(C)c1NC(=O)CN(C)C(=O)c1cccc(S(=O)(=O)N(C)C)c1. The van der Waals surface area contributed by atoms with Crippen LogP contribution in [-0.4, -0.2) is 57.1 Å². The molecule has 1 N–H and O–H groups in total. The fourth-order valence-corrected chi connectivity index (χ4v) is 3.65. The Morgan fingerprint density at radius 2 is 1.54 bits per heavy atom. The quantitative estimate of drug-likeness (QED) is 0.802. The van der Waals surface area contributed by atoms with E-state index in [1.165, 1.54) is 50.3 Å². The first-order valence-corrected chi connectivity index (χ1v) is 10.1. The van der Waals surface area contributed by atoms with Crippen molar-refractivity contribution in [3.05, 3.63) is 59.2 Å². The van der Waals surface area contributed by atoms with Gasteiger partial charge in [0.2, 0.25) is 15.9 Å². The van der Waals surface area contributed by atoms with Crippen LogP contribution in [-0.2, 0) is 14.8 Å². The number of hydrogen-bond donors (Lipinski definition) is 1. The summed E-state index contributed by atoms with van der Waals surface area (Å²) >= 11 is 0. The summed E-state index contributed by atoms with van der Waals surface area (Å²) in [7, 11) is 0.700. The minimum atomic E-state index is -3.65. The van der Waals surface area contributed by atoms with E-state index < -0.39 is 15.9 Å². The predicted molar refractivity (Wildman–Crippen MR) is 109 cm³/mol. The number of amides is 2. The Morgan fingerprint density at radius 3 is 2.11 bits per heavy atom.